The largest absolute Gasteiger partial charge is 0.454 e. The lowest BCUT2D eigenvalue weighted by Crippen LogP contribution is -2.36. The van der Waals surface area contributed by atoms with E-state index in [2.05, 4.69) is 24.1 Å². The topological polar surface area (TPSA) is 63.2 Å². The lowest BCUT2D eigenvalue weighted by Gasteiger charge is -2.19. The van der Waals surface area contributed by atoms with E-state index >= 15 is 0 Å². The standard InChI is InChI=1S/C17H28N2O4/c1-3-19(4-2)8-7-18-10-15(20)12-21-11-14-5-6-16-17(9-14)23-13-22-16/h5-6,9,15,18,20H,3-4,7-8,10-13H2,1-2H3/t15-/m1/s1. The fourth-order valence-electron chi connectivity index (χ4n) is 2.45. The number of nitrogens with zero attached hydrogens (tertiary/aromatic N) is 1. The highest BCUT2D eigenvalue weighted by Crippen LogP contribution is 2.32. The normalized spacial score (nSPS) is 14.4. The molecule has 6 nitrogen and oxygen atoms in total. The van der Waals surface area contributed by atoms with Gasteiger partial charge in [-0.3, -0.25) is 0 Å². The molecule has 6 heteroatoms. The maximum Gasteiger partial charge on any atom is 0.231 e. The SMILES string of the molecule is CCN(CC)CCNC[C@@H](O)COCc1ccc2c(c1)OCO2. The smallest absolute Gasteiger partial charge is 0.231 e. The molecule has 1 aromatic carbocycles. The summed E-state index contributed by atoms with van der Waals surface area (Å²) in [5.41, 5.74) is 1.01. The van der Waals surface area contributed by atoms with Crippen LogP contribution in [0.2, 0.25) is 0 Å². The van der Waals surface area contributed by atoms with Crippen molar-refractivity contribution in [1.29, 1.82) is 0 Å². The molecular formula is C17H28N2O4. The second kappa shape index (κ2) is 9.72. The maximum atomic E-state index is 9.92. The van der Waals surface area contributed by atoms with Crippen LogP contribution in [-0.2, 0) is 11.3 Å². The molecule has 0 radical (unpaired) electrons. The molecule has 0 saturated carbocycles. The van der Waals surface area contributed by atoms with Gasteiger partial charge in [0.15, 0.2) is 11.5 Å². The van der Waals surface area contributed by atoms with E-state index in [1.165, 1.54) is 0 Å². The first kappa shape index (κ1) is 18.0. The fourth-order valence-corrected chi connectivity index (χ4v) is 2.45. The van der Waals surface area contributed by atoms with Crippen LogP contribution in [0, 0.1) is 0 Å². The summed E-state index contributed by atoms with van der Waals surface area (Å²) >= 11 is 0. The number of benzene rings is 1. The summed E-state index contributed by atoms with van der Waals surface area (Å²) in [6.45, 7) is 9.88. The van der Waals surface area contributed by atoms with Crippen LogP contribution in [0.4, 0.5) is 0 Å². The number of fused-ring (bicyclic) bond motifs is 1. The Hall–Kier alpha value is -1.34. The van der Waals surface area contributed by atoms with E-state index in [9.17, 15) is 5.11 Å². The van der Waals surface area contributed by atoms with Gasteiger partial charge in [-0.25, -0.2) is 0 Å². The molecule has 2 N–H and O–H groups in total. The molecule has 0 aliphatic carbocycles. The summed E-state index contributed by atoms with van der Waals surface area (Å²) < 4.78 is 16.2. The van der Waals surface area contributed by atoms with Gasteiger partial charge in [0.05, 0.1) is 19.3 Å². The van der Waals surface area contributed by atoms with Gasteiger partial charge in [0.25, 0.3) is 0 Å². The van der Waals surface area contributed by atoms with E-state index in [1.807, 2.05) is 18.2 Å². The Bertz CT molecular complexity index is 466. The van der Waals surface area contributed by atoms with Crippen molar-refractivity contribution in [3.63, 3.8) is 0 Å². The lowest BCUT2D eigenvalue weighted by atomic mass is 10.2. The molecule has 23 heavy (non-hydrogen) atoms. The number of rotatable bonds is 11. The Morgan fingerprint density at radius 1 is 1.26 bits per heavy atom. The van der Waals surface area contributed by atoms with Crippen LogP contribution in [0.15, 0.2) is 18.2 Å². The van der Waals surface area contributed by atoms with Crippen LogP contribution in [0.1, 0.15) is 19.4 Å². The van der Waals surface area contributed by atoms with Crippen LogP contribution >= 0.6 is 0 Å². The van der Waals surface area contributed by atoms with Crippen molar-refractivity contribution in [3.05, 3.63) is 23.8 Å². The van der Waals surface area contributed by atoms with Crippen LogP contribution in [0.3, 0.4) is 0 Å². The van der Waals surface area contributed by atoms with Gasteiger partial charge in [0.1, 0.15) is 0 Å². The summed E-state index contributed by atoms with van der Waals surface area (Å²) in [4.78, 5) is 2.34. The van der Waals surface area contributed by atoms with Crippen molar-refractivity contribution in [3.8, 4) is 11.5 Å². The zero-order valence-electron chi connectivity index (χ0n) is 14.1. The number of hydrogen-bond donors (Lipinski definition) is 2. The molecule has 1 aliphatic rings. The van der Waals surface area contributed by atoms with Gasteiger partial charge in [-0.15, -0.1) is 0 Å². The van der Waals surface area contributed by atoms with Gasteiger partial charge in [0.2, 0.25) is 6.79 Å². The predicted octanol–water partition coefficient (Wildman–Crippen LogP) is 1.22. The summed E-state index contributed by atoms with van der Waals surface area (Å²) in [6, 6.07) is 5.74. The third kappa shape index (κ3) is 5.99. The molecule has 1 atom stereocenters. The minimum Gasteiger partial charge on any atom is -0.454 e. The molecule has 2 rings (SSSR count). The first-order valence-corrected chi connectivity index (χ1v) is 8.30. The molecule has 0 aromatic heterocycles. The highest BCUT2D eigenvalue weighted by molar-refractivity contribution is 5.44. The number of likely N-dealkylation sites (N-methyl/N-ethyl adjacent to an activating group) is 1. The van der Waals surface area contributed by atoms with E-state index in [0.29, 0.717) is 19.8 Å². The van der Waals surface area contributed by atoms with E-state index in [0.717, 1.165) is 43.2 Å². The lowest BCUT2D eigenvalue weighted by molar-refractivity contribution is 0.0287. The summed E-state index contributed by atoms with van der Waals surface area (Å²) in [6.07, 6.45) is -0.499. The Labute approximate surface area is 138 Å². The molecule has 0 spiro atoms. The average Bonchev–Trinajstić information content (AvgIpc) is 3.03. The molecule has 0 unspecified atom stereocenters. The molecule has 130 valence electrons. The minimum absolute atomic E-state index is 0.275. The number of aliphatic hydroxyl groups excluding tert-OH is 1. The second-order valence-electron chi connectivity index (χ2n) is 5.59. The Morgan fingerprint density at radius 3 is 2.83 bits per heavy atom. The van der Waals surface area contributed by atoms with Gasteiger partial charge in [0, 0.05) is 19.6 Å². The molecule has 0 fully saturated rings. The Balaban J connectivity index is 1.57. The van der Waals surface area contributed by atoms with Crippen LogP contribution in [-0.4, -0.2) is 62.2 Å². The monoisotopic (exact) mass is 324 g/mol. The molecule has 0 bridgehead atoms. The molecular weight excluding hydrogens is 296 g/mol. The average molecular weight is 324 g/mol. The van der Waals surface area contributed by atoms with Gasteiger partial charge >= 0.3 is 0 Å². The first-order chi connectivity index (χ1) is 11.2. The number of nitrogens with one attached hydrogen (secondary N) is 1. The zero-order chi connectivity index (χ0) is 16.5. The van der Waals surface area contributed by atoms with Crippen molar-refractivity contribution in [2.45, 2.75) is 26.6 Å². The Kier molecular flexibility index (Phi) is 7.61. The third-order valence-electron chi connectivity index (χ3n) is 3.90. The number of aliphatic hydroxyl groups is 1. The van der Waals surface area contributed by atoms with E-state index < -0.39 is 6.10 Å². The van der Waals surface area contributed by atoms with Gasteiger partial charge in [-0.1, -0.05) is 19.9 Å². The van der Waals surface area contributed by atoms with Crippen molar-refractivity contribution in [2.24, 2.45) is 0 Å². The first-order valence-electron chi connectivity index (χ1n) is 8.30. The van der Waals surface area contributed by atoms with E-state index in [4.69, 9.17) is 14.2 Å². The molecule has 0 saturated heterocycles. The summed E-state index contributed by atoms with van der Waals surface area (Å²) in [5.74, 6) is 1.52. The van der Waals surface area contributed by atoms with E-state index in [-0.39, 0.29) is 6.79 Å². The number of ether oxygens (including phenoxy) is 3. The molecule has 1 heterocycles. The van der Waals surface area contributed by atoms with E-state index in [1.54, 1.807) is 0 Å². The van der Waals surface area contributed by atoms with Crippen LogP contribution < -0.4 is 14.8 Å². The zero-order valence-corrected chi connectivity index (χ0v) is 14.1. The van der Waals surface area contributed by atoms with Crippen molar-refractivity contribution in [1.82, 2.24) is 10.2 Å². The van der Waals surface area contributed by atoms with Crippen molar-refractivity contribution < 1.29 is 19.3 Å². The van der Waals surface area contributed by atoms with Gasteiger partial charge in [-0.2, -0.15) is 0 Å². The summed E-state index contributed by atoms with van der Waals surface area (Å²) in [7, 11) is 0. The van der Waals surface area contributed by atoms with Crippen LogP contribution in [0.25, 0.3) is 0 Å². The minimum atomic E-state index is -0.499. The van der Waals surface area contributed by atoms with Crippen molar-refractivity contribution in [2.75, 3.05) is 46.1 Å². The van der Waals surface area contributed by atoms with Crippen molar-refractivity contribution >= 4 is 0 Å². The maximum absolute atomic E-state index is 9.92. The highest BCUT2D eigenvalue weighted by atomic mass is 16.7. The second-order valence-corrected chi connectivity index (χ2v) is 5.59. The number of hydrogen-bond acceptors (Lipinski definition) is 6. The third-order valence-corrected chi connectivity index (χ3v) is 3.90. The predicted molar refractivity (Wildman–Crippen MR) is 88.9 cm³/mol. The van der Waals surface area contributed by atoms with Gasteiger partial charge in [-0.05, 0) is 30.8 Å². The molecule has 1 aromatic rings. The highest BCUT2D eigenvalue weighted by Gasteiger charge is 2.13. The van der Waals surface area contributed by atoms with Gasteiger partial charge < -0.3 is 29.5 Å². The fraction of sp³-hybridized carbons (Fsp3) is 0.647. The molecule has 0 amide bonds. The Morgan fingerprint density at radius 2 is 2.04 bits per heavy atom. The summed E-state index contributed by atoms with van der Waals surface area (Å²) in [5, 5.41) is 13.2. The molecule has 1 aliphatic heterocycles. The quantitative estimate of drug-likeness (QED) is 0.597. The van der Waals surface area contributed by atoms with Crippen LogP contribution in [0.5, 0.6) is 11.5 Å².